The summed E-state index contributed by atoms with van der Waals surface area (Å²) < 4.78 is 52.8. The quantitative estimate of drug-likeness (QED) is 0.827. The molecule has 0 unspecified atom stereocenters. The van der Waals surface area contributed by atoms with Crippen LogP contribution in [-0.2, 0) is 10.0 Å². The van der Waals surface area contributed by atoms with Gasteiger partial charge in [0.2, 0.25) is 0 Å². The first-order valence-corrected chi connectivity index (χ1v) is 7.43. The number of rotatable bonds is 4. The topological polar surface area (TPSA) is 96.4 Å². The van der Waals surface area contributed by atoms with Gasteiger partial charge in [-0.2, -0.15) is 0 Å². The average Bonchev–Trinajstić information content (AvgIpc) is 2.41. The van der Waals surface area contributed by atoms with Gasteiger partial charge in [-0.05, 0) is 18.2 Å². The molecule has 1 aromatic carbocycles. The number of benzene rings is 1. The molecule has 2 aromatic rings. The zero-order chi connectivity index (χ0) is 16.5. The molecule has 0 amide bonds. The van der Waals surface area contributed by atoms with Crippen molar-refractivity contribution in [1.29, 1.82) is 0 Å². The summed E-state index contributed by atoms with van der Waals surface area (Å²) >= 11 is 5.53. The van der Waals surface area contributed by atoms with E-state index in [4.69, 9.17) is 16.7 Å². The van der Waals surface area contributed by atoms with Gasteiger partial charge in [-0.15, -0.1) is 0 Å². The van der Waals surface area contributed by atoms with Crippen molar-refractivity contribution in [3.63, 3.8) is 0 Å². The fourth-order valence-corrected chi connectivity index (χ4v) is 2.63. The van der Waals surface area contributed by atoms with Crippen LogP contribution in [0.2, 0.25) is 5.15 Å². The van der Waals surface area contributed by atoms with Crippen LogP contribution >= 0.6 is 11.6 Å². The van der Waals surface area contributed by atoms with Crippen LogP contribution in [0.15, 0.2) is 35.4 Å². The van der Waals surface area contributed by atoms with E-state index in [9.17, 15) is 22.0 Å². The Labute approximate surface area is 128 Å². The number of pyridine rings is 1. The van der Waals surface area contributed by atoms with Gasteiger partial charge in [0.15, 0.2) is 0 Å². The predicted molar refractivity (Wildman–Crippen MR) is 73.4 cm³/mol. The highest BCUT2D eigenvalue weighted by molar-refractivity contribution is 7.92. The lowest BCUT2D eigenvalue weighted by atomic mass is 10.2. The summed E-state index contributed by atoms with van der Waals surface area (Å²) in [5.74, 6) is -4.24. The van der Waals surface area contributed by atoms with Gasteiger partial charge in [-0.1, -0.05) is 11.6 Å². The number of anilines is 1. The van der Waals surface area contributed by atoms with Gasteiger partial charge in [-0.25, -0.2) is 27.0 Å². The zero-order valence-corrected chi connectivity index (χ0v) is 12.1. The Kier molecular flexibility index (Phi) is 4.29. The number of aromatic carboxylic acids is 1. The van der Waals surface area contributed by atoms with E-state index in [-0.39, 0.29) is 16.1 Å². The molecule has 0 saturated carbocycles. The highest BCUT2D eigenvalue weighted by Crippen LogP contribution is 2.23. The Morgan fingerprint density at radius 1 is 1.23 bits per heavy atom. The lowest BCUT2D eigenvalue weighted by Crippen LogP contribution is -2.15. The number of halogens is 3. The molecular formula is C12H7ClF2N2O4S. The first-order valence-electron chi connectivity index (χ1n) is 5.57. The molecule has 0 spiro atoms. The summed E-state index contributed by atoms with van der Waals surface area (Å²) in [6.45, 7) is 0. The van der Waals surface area contributed by atoms with Crippen LogP contribution < -0.4 is 4.72 Å². The molecule has 6 nitrogen and oxygen atoms in total. The van der Waals surface area contributed by atoms with Crippen molar-refractivity contribution in [2.24, 2.45) is 0 Å². The van der Waals surface area contributed by atoms with E-state index in [0.717, 1.165) is 12.3 Å². The molecule has 1 heterocycles. The van der Waals surface area contributed by atoms with E-state index < -0.39 is 38.9 Å². The molecule has 22 heavy (non-hydrogen) atoms. The Morgan fingerprint density at radius 3 is 2.45 bits per heavy atom. The van der Waals surface area contributed by atoms with Crippen LogP contribution in [0.4, 0.5) is 14.5 Å². The summed E-state index contributed by atoms with van der Waals surface area (Å²) in [6.07, 6.45) is 0.935. The molecule has 0 saturated heterocycles. The van der Waals surface area contributed by atoms with Crippen LogP contribution in [0.1, 0.15) is 10.4 Å². The van der Waals surface area contributed by atoms with E-state index in [1.54, 1.807) is 0 Å². The number of carboxylic acids is 1. The highest BCUT2D eigenvalue weighted by atomic mass is 35.5. The molecule has 0 aliphatic carbocycles. The van der Waals surface area contributed by atoms with Gasteiger partial charge in [0, 0.05) is 12.3 Å². The molecule has 2 N–H and O–H groups in total. The SMILES string of the molecule is O=C(O)c1cc(NS(=O)(=O)c2ccc(Cl)nc2)c(F)cc1F. The Balaban J connectivity index is 2.43. The third-order valence-electron chi connectivity index (χ3n) is 2.54. The molecule has 0 aliphatic rings. The fraction of sp³-hybridized carbons (Fsp3) is 0. The van der Waals surface area contributed by atoms with Crippen LogP contribution in [0.5, 0.6) is 0 Å². The van der Waals surface area contributed by atoms with Gasteiger partial charge >= 0.3 is 5.97 Å². The summed E-state index contributed by atoms with van der Waals surface area (Å²) in [6, 6.07) is 3.16. The maximum absolute atomic E-state index is 13.6. The lowest BCUT2D eigenvalue weighted by molar-refractivity contribution is 0.0692. The molecule has 116 valence electrons. The van der Waals surface area contributed by atoms with E-state index in [2.05, 4.69) is 4.98 Å². The number of hydrogen-bond donors (Lipinski definition) is 2. The molecule has 1 aromatic heterocycles. The summed E-state index contributed by atoms with van der Waals surface area (Å²) in [4.78, 5) is 14.0. The molecule has 0 bridgehead atoms. The second-order valence-electron chi connectivity index (χ2n) is 4.04. The van der Waals surface area contributed by atoms with Crippen LogP contribution in [0.3, 0.4) is 0 Å². The first-order chi connectivity index (χ1) is 10.2. The number of nitrogens with zero attached hydrogens (tertiary/aromatic N) is 1. The Bertz CT molecular complexity index is 841. The second-order valence-corrected chi connectivity index (χ2v) is 6.11. The van der Waals surface area contributed by atoms with Gasteiger partial charge in [0.05, 0.1) is 11.3 Å². The summed E-state index contributed by atoms with van der Waals surface area (Å²) in [7, 11) is -4.23. The fourth-order valence-electron chi connectivity index (χ4n) is 1.52. The predicted octanol–water partition coefficient (Wildman–Crippen LogP) is 2.51. The van der Waals surface area contributed by atoms with Crippen molar-refractivity contribution in [3.8, 4) is 0 Å². The number of aromatic nitrogens is 1. The smallest absolute Gasteiger partial charge is 0.338 e. The highest BCUT2D eigenvalue weighted by Gasteiger charge is 2.20. The molecular weight excluding hydrogens is 342 g/mol. The standard InChI is InChI=1S/C12H7ClF2N2O4S/c13-11-2-1-6(5-16-11)22(20,21)17-10-3-7(12(18)19)8(14)4-9(10)15/h1-5,17H,(H,18,19). The number of sulfonamides is 1. The average molecular weight is 349 g/mol. The van der Waals surface area contributed by atoms with Crippen molar-refractivity contribution in [3.05, 3.63) is 52.8 Å². The van der Waals surface area contributed by atoms with Gasteiger partial charge in [0.1, 0.15) is 21.7 Å². The Morgan fingerprint density at radius 2 is 1.91 bits per heavy atom. The maximum atomic E-state index is 13.6. The molecule has 0 radical (unpaired) electrons. The Hall–Kier alpha value is -2.26. The molecule has 2 rings (SSSR count). The normalized spacial score (nSPS) is 11.2. The second kappa shape index (κ2) is 5.85. The minimum atomic E-state index is -4.23. The van der Waals surface area contributed by atoms with E-state index in [0.29, 0.717) is 6.07 Å². The number of hydrogen-bond acceptors (Lipinski definition) is 4. The number of nitrogens with one attached hydrogen (secondary N) is 1. The lowest BCUT2D eigenvalue weighted by Gasteiger charge is -2.10. The minimum Gasteiger partial charge on any atom is -0.478 e. The maximum Gasteiger partial charge on any atom is 0.338 e. The van der Waals surface area contributed by atoms with Crippen LogP contribution in [0, 0.1) is 11.6 Å². The third-order valence-corrected chi connectivity index (χ3v) is 4.12. The van der Waals surface area contributed by atoms with Crippen molar-refractivity contribution >= 4 is 33.3 Å². The van der Waals surface area contributed by atoms with Crippen LogP contribution in [0.25, 0.3) is 0 Å². The molecule has 10 heteroatoms. The van der Waals surface area contributed by atoms with Gasteiger partial charge < -0.3 is 5.11 Å². The van der Waals surface area contributed by atoms with E-state index in [1.165, 1.54) is 6.07 Å². The van der Waals surface area contributed by atoms with Gasteiger partial charge in [0.25, 0.3) is 10.0 Å². The van der Waals surface area contributed by atoms with Crippen molar-refractivity contribution < 1.29 is 27.1 Å². The number of carboxylic acid groups (broad SMARTS) is 1. The molecule has 0 atom stereocenters. The van der Waals surface area contributed by atoms with E-state index in [1.807, 2.05) is 4.72 Å². The van der Waals surface area contributed by atoms with Crippen molar-refractivity contribution in [2.45, 2.75) is 4.90 Å². The third kappa shape index (κ3) is 3.31. The van der Waals surface area contributed by atoms with Crippen LogP contribution in [-0.4, -0.2) is 24.5 Å². The molecule has 0 fully saturated rings. The largest absolute Gasteiger partial charge is 0.478 e. The van der Waals surface area contributed by atoms with E-state index >= 15 is 0 Å². The molecule has 0 aliphatic heterocycles. The zero-order valence-electron chi connectivity index (χ0n) is 10.5. The monoisotopic (exact) mass is 348 g/mol. The first kappa shape index (κ1) is 16.1. The van der Waals surface area contributed by atoms with Gasteiger partial charge in [-0.3, -0.25) is 4.72 Å². The number of carbonyl (C=O) groups is 1. The summed E-state index contributed by atoms with van der Waals surface area (Å²) in [5.41, 5.74) is -1.57. The summed E-state index contributed by atoms with van der Waals surface area (Å²) in [5, 5.41) is 8.82. The van der Waals surface area contributed by atoms with Crippen molar-refractivity contribution in [1.82, 2.24) is 4.98 Å². The minimum absolute atomic E-state index is 0.0556. The van der Waals surface area contributed by atoms with Crippen molar-refractivity contribution in [2.75, 3.05) is 4.72 Å².